The molecular formula is C29H28N4O2S. The first-order chi connectivity index (χ1) is 17.6. The quantitative estimate of drug-likeness (QED) is 0.467. The summed E-state index contributed by atoms with van der Waals surface area (Å²) in [5.41, 5.74) is 5.30. The van der Waals surface area contributed by atoms with Gasteiger partial charge in [0.1, 0.15) is 5.75 Å². The topological polar surface area (TPSA) is 57.2 Å². The Balaban J connectivity index is 1.34. The van der Waals surface area contributed by atoms with Crippen molar-refractivity contribution in [2.75, 3.05) is 18.0 Å². The Morgan fingerprint density at radius 1 is 1.06 bits per heavy atom. The van der Waals surface area contributed by atoms with Gasteiger partial charge in [0.2, 0.25) is 0 Å². The Kier molecular flexibility index (Phi) is 5.72. The lowest BCUT2D eigenvalue weighted by atomic mass is 9.97. The van der Waals surface area contributed by atoms with Crippen molar-refractivity contribution < 1.29 is 9.53 Å². The Morgan fingerprint density at radius 2 is 1.78 bits per heavy atom. The summed E-state index contributed by atoms with van der Waals surface area (Å²) in [7, 11) is 0. The number of ether oxygens (including phenoxy) is 1. The molecule has 0 bridgehead atoms. The molecule has 6 nitrogen and oxygen atoms in total. The van der Waals surface area contributed by atoms with E-state index in [1.807, 2.05) is 47.5 Å². The van der Waals surface area contributed by atoms with Gasteiger partial charge in [0, 0.05) is 30.8 Å². The fourth-order valence-electron chi connectivity index (χ4n) is 5.07. The summed E-state index contributed by atoms with van der Waals surface area (Å²) in [5.74, 6) is 0.621. The van der Waals surface area contributed by atoms with E-state index in [0.29, 0.717) is 4.91 Å². The summed E-state index contributed by atoms with van der Waals surface area (Å²) in [6, 6.07) is 26.5. The number of hydrogen-bond acceptors (Lipinski definition) is 6. The number of fused-ring (bicyclic) bond motifs is 4. The molecule has 36 heavy (non-hydrogen) atoms. The molecule has 3 aromatic carbocycles. The molecular weight excluding hydrogens is 468 g/mol. The smallest absolute Gasteiger partial charge is 0.336 e. The van der Waals surface area contributed by atoms with Crippen molar-refractivity contribution >= 4 is 35.1 Å². The van der Waals surface area contributed by atoms with Crippen molar-refractivity contribution in [2.45, 2.75) is 31.5 Å². The van der Waals surface area contributed by atoms with Crippen LogP contribution in [-0.2, 0) is 4.79 Å². The number of nitrogens with zero attached hydrogens (tertiary/aromatic N) is 3. The molecule has 1 fully saturated rings. The molecule has 3 aliphatic heterocycles. The molecule has 3 aromatic rings. The van der Waals surface area contributed by atoms with Crippen molar-refractivity contribution in [3.63, 3.8) is 0 Å². The van der Waals surface area contributed by atoms with Gasteiger partial charge in [0.15, 0.2) is 0 Å². The van der Waals surface area contributed by atoms with Crippen LogP contribution >= 0.6 is 11.8 Å². The second kappa shape index (κ2) is 9.06. The van der Waals surface area contributed by atoms with Crippen LogP contribution in [0.3, 0.4) is 0 Å². The van der Waals surface area contributed by atoms with Gasteiger partial charge in [-0.3, -0.25) is 10.1 Å². The van der Waals surface area contributed by atoms with E-state index in [4.69, 9.17) is 9.84 Å². The maximum atomic E-state index is 13.2. The standard InChI is InChI=1S/C29H28N4O2S/c1-3-32(4-2)22-16-14-20(15-17-22)18-27-28(34)30-29(36-27)33-25(23-12-8-9-13-26(23)35-29)19-24(31-33)21-10-6-5-7-11-21/h5-18,25H,3-4,19H2,1-2H3,(H,30,34)/b27-18-/t25-,29+/m0/s1. The van der Waals surface area contributed by atoms with Crippen molar-refractivity contribution in [3.05, 3.63) is 100 Å². The monoisotopic (exact) mass is 496 g/mol. The maximum Gasteiger partial charge on any atom is 0.336 e. The fourth-order valence-corrected chi connectivity index (χ4v) is 6.24. The number of anilines is 1. The molecule has 0 saturated carbocycles. The molecule has 0 aliphatic carbocycles. The molecule has 0 aromatic heterocycles. The van der Waals surface area contributed by atoms with Crippen molar-refractivity contribution in [3.8, 4) is 5.75 Å². The van der Waals surface area contributed by atoms with Crippen LogP contribution in [0.25, 0.3) is 6.08 Å². The minimum Gasteiger partial charge on any atom is -0.439 e. The van der Waals surface area contributed by atoms with E-state index in [1.54, 1.807) is 0 Å². The van der Waals surface area contributed by atoms with Crippen molar-refractivity contribution in [1.29, 1.82) is 0 Å². The lowest BCUT2D eigenvalue weighted by Crippen LogP contribution is -2.58. The molecule has 182 valence electrons. The van der Waals surface area contributed by atoms with Gasteiger partial charge < -0.3 is 9.64 Å². The van der Waals surface area contributed by atoms with Gasteiger partial charge in [-0.1, -0.05) is 60.7 Å². The molecule has 1 saturated heterocycles. The third-order valence-electron chi connectivity index (χ3n) is 6.91. The number of carbonyl (C=O) groups is 1. The van der Waals surface area contributed by atoms with Crippen LogP contribution in [0.1, 0.15) is 43.0 Å². The molecule has 6 rings (SSSR count). The number of hydrazone groups is 1. The summed E-state index contributed by atoms with van der Waals surface area (Å²) in [6.07, 6.45) is 2.67. The molecule has 0 radical (unpaired) electrons. The van der Waals surface area contributed by atoms with Gasteiger partial charge in [-0.2, -0.15) is 5.10 Å². The van der Waals surface area contributed by atoms with Crippen LogP contribution in [0.5, 0.6) is 5.75 Å². The second-order valence-electron chi connectivity index (χ2n) is 9.03. The van der Waals surface area contributed by atoms with E-state index in [0.717, 1.165) is 47.7 Å². The van der Waals surface area contributed by atoms with E-state index >= 15 is 0 Å². The van der Waals surface area contributed by atoms with Crippen molar-refractivity contribution in [2.24, 2.45) is 5.10 Å². The number of amides is 1. The van der Waals surface area contributed by atoms with Gasteiger partial charge >= 0.3 is 5.18 Å². The lowest BCUT2D eigenvalue weighted by Gasteiger charge is -2.43. The summed E-state index contributed by atoms with van der Waals surface area (Å²) in [6.45, 7) is 6.22. The summed E-state index contributed by atoms with van der Waals surface area (Å²) in [4.78, 5) is 16.1. The van der Waals surface area contributed by atoms with Gasteiger partial charge in [-0.15, -0.1) is 0 Å². The first-order valence-corrected chi connectivity index (χ1v) is 13.2. The van der Waals surface area contributed by atoms with E-state index in [-0.39, 0.29) is 11.9 Å². The Morgan fingerprint density at radius 3 is 2.53 bits per heavy atom. The first-order valence-electron chi connectivity index (χ1n) is 12.4. The van der Waals surface area contributed by atoms with Crippen LogP contribution in [-0.4, -0.2) is 34.9 Å². The summed E-state index contributed by atoms with van der Waals surface area (Å²) in [5, 5.41) is 8.92. The number of para-hydroxylation sites is 1. The number of rotatable bonds is 5. The maximum absolute atomic E-state index is 13.2. The minimum absolute atomic E-state index is 0.0225. The molecule has 2 atom stereocenters. The zero-order valence-electron chi connectivity index (χ0n) is 20.3. The molecule has 3 aliphatic rings. The zero-order chi connectivity index (χ0) is 24.7. The highest BCUT2D eigenvalue weighted by molar-refractivity contribution is 8.05. The fraction of sp³-hybridized carbons (Fsp3) is 0.241. The number of hydrogen-bond donors (Lipinski definition) is 1. The normalized spacial score (nSPS) is 23.2. The molecule has 7 heteroatoms. The molecule has 1 N–H and O–H groups in total. The SMILES string of the molecule is CCN(CC)c1ccc(/C=C2\S[C@@]3(NC2=O)Oc2ccccc2[C@@H]2CC(c4ccccc4)=NN23)cc1. The molecule has 0 unspecified atom stereocenters. The van der Waals surface area contributed by atoms with E-state index in [2.05, 4.69) is 66.5 Å². The largest absolute Gasteiger partial charge is 0.439 e. The predicted octanol–water partition coefficient (Wildman–Crippen LogP) is 5.59. The summed E-state index contributed by atoms with van der Waals surface area (Å²) >= 11 is 1.38. The second-order valence-corrected chi connectivity index (χ2v) is 10.2. The third kappa shape index (κ3) is 3.84. The van der Waals surface area contributed by atoms with Crippen LogP contribution in [0.4, 0.5) is 5.69 Å². The van der Waals surface area contributed by atoms with Crippen LogP contribution in [0.2, 0.25) is 0 Å². The number of thioether (sulfide) groups is 1. The van der Waals surface area contributed by atoms with Crippen LogP contribution in [0, 0.1) is 0 Å². The van der Waals surface area contributed by atoms with Gasteiger partial charge in [0.25, 0.3) is 5.91 Å². The van der Waals surface area contributed by atoms with E-state index in [9.17, 15) is 4.79 Å². The average molecular weight is 497 g/mol. The third-order valence-corrected chi connectivity index (χ3v) is 8.08. The average Bonchev–Trinajstić information content (AvgIpc) is 3.49. The minimum atomic E-state index is -1.13. The Bertz CT molecular complexity index is 1350. The number of benzene rings is 3. The highest BCUT2D eigenvalue weighted by Gasteiger charge is 2.57. The Labute approximate surface area is 215 Å². The van der Waals surface area contributed by atoms with Gasteiger partial charge in [-0.05, 0) is 61.0 Å². The summed E-state index contributed by atoms with van der Waals surface area (Å²) < 4.78 is 6.50. The van der Waals surface area contributed by atoms with E-state index in [1.165, 1.54) is 17.4 Å². The number of carbonyl (C=O) groups excluding carboxylic acids is 1. The lowest BCUT2D eigenvalue weighted by molar-refractivity contribution is -0.127. The molecule has 1 spiro atoms. The highest BCUT2D eigenvalue weighted by Crippen LogP contribution is 2.53. The van der Waals surface area contributed by atoms with Crippen LogP contribution in [0.15, 0.2) is 88.9 Å². The van der Waals surface area contributed by atoms with Crippen LogP contribution < -0.4 is 15.0 Å². The first kappa shape index (κ1) is 22.7. The zero-order valence-corrected chi connectivity index (χ0v) is 21.2. The number of nitrogens with one attached hydrogen (secondary N) is 1. The van der Waals surface area contributed by atoms with E-state index < -0.39 is 5.18 Å². The Hall–Kier alpha value is -3.71. The molecule has 1 amide bonds. The van der Waals surface area contributed by atoms with Gasteiger partial charge in [-0.25, -0.2) is 5.01 Å². The molecule has 3 heterocycles. The predicted molar refractivity (Wildman–Crippen MR) is 146 cm³/mol. The van der Waals surface area contributed by atoms with Gasteiger partial charge in [0.05, 0.1) is 16.7 Å². The van der Waals surface area contributed by atoms with Crippen molar-refractivity contribution in [1.82, 2.24) is 10.3 Å². The highest BCUT2D eigenvalue weighted by atomic mass is 32.2.